The Kier molecular flexibility index (Phi) is 3.26. The van der Waals surface area contributed by atoms with Crippen LogP contribution in [0.5, 0.6) is 0 Å². The fourth-order valence-corrected chi connectivity index (χ4v) is 2.56. The number of anilines is 1. The van der Waals surface area contributed by atoms with E-state index in [1.807, 2.05) is 24.3 Å². The molecule has 2 N–H and O–H groups in total. The number of carbonyl (C=O) groups is 1. The van der Waals surface area contributed by atoms with Crippen molar-refractivity contribution in [3.05, 3.63) is 47.4 Å². The molecule has 0 atom stereocenters. The summed E-state index contributed by atoms with van der Waals surface area (Å²) in [6, 6.07) is 7.74. The number of carbonyl (C=O) groups excluding carboxylic acids is 1. The van der Waals surface area contributed by atoms with Crippen LogP contribution >= 0.6 is 11.3 Å². The van der Waals surface area contributed by atoms with Crippen LogP contribution in [0.2, 0.25) is 0 Å². The van der Waals surface area contributed by atoms with Gasteiger partial charge in [0.1, 0.15) is 11.6 Å². The van der Waals surface area contributed by atoms with Gasteiger partial charge in [-0.05, 0) is 12.1 Å². The van der Waals surface area contributed by atoms with Crippen LogP contribution in [0, 0.1) is 0 Å². The van der Waals surface area contributed by atoms with Crippen LogP contribution in [0.25, 0.3) is 10.2 Å². The molecule has 1 aromatic carbocycles. The highest BCUT2D eigenvalue weighted by atomic mass is 32.1. The van der Waals surface area contributed by atoms with E-state index in [2.05, 4.69) is 15.0 Å². The van der Waals surface area contributed by atoms with Gasteiger partial charge in [-0.15, -0.1) is 11.3 Å². The maximum absolute atomic E-state index is 11.8. The summed E-state index contributed by atoms with van der Waals surface area (Å²) in [4.78, 5) is 23.8. The molecule has 0 bridgehead atoms. The van der Waals surface area contributed by atoms with Crippen molar-refractivity contribution in [2.24, 2.45) is 0 Å². The number of aromatic nitrogens is 3. The Balaban J connectivity index is 1.73. The summed E-state index contributed by atoms with van der Waals surface area (Å²) in [6.07, 6.45) is 2.81. The van der Waals surface area contributed by atoms with Gasteiger partial charge >= 0.3 is 5.97 Å². The van der Waals surface area contributed by atoms with E-state index in [1.54, 1.807) is 0 Å². The van der Waals surface area contributed by atoms with E-state index in [4.69, 9.17) is 10.5 Å². The molecule has 0 unspecified atom stereocenters. The Morgan fingerprint density at radius 1 is 1.25 bits per heavy atom. The number of para-hydroxylation sites is 1. The van der Waals surface area contributed by atoms with Gasteiger partial charge in [0.15, 0.2) is 11.5 Å². The predicted octanol–water partition coefficient (Wildman–Crippen LogP) is 2.03. The van der Waals surface area contributed by atoms with Gasteiger partial charge in [0, 0.05) is 12.4 Å². The topological polar surface area (TPSA) is 91.0 Å². The van der Waals surface area contributed by atoms with Crippen LogP contribution < -0.4 is 5.73 Å². The molecule has 0 aliphatic rings. The third-order valence-electron chi connectivity index (χ3n) is 2.58. The molecule has 3 aromatic rings. The second-order valence-corrected chi connectivity index (χ2v) is 5.06. The molecule has 0 amide bonds. The first-order valence-electron chi connectivity index (χ1n) is 5.82. The number of thiazole rings is 1. The van der Waals surface area contributed by atoms with Crippen LogP contribution in [0.1, 0.15) is 15.5 Å². The van der Waals surface area contributed by atoms with Gasteiger partial charge in [-0.25, -0.2) is 19.7 Å². The van der Waals surface area contributed by atoms with Crippen molar-refractivity contribution in [2.75, 3.05) is 5.73 Å². The van der Waals surface area contributed by atoms with Gasteiger partial charge in [0.05, 0.1) is 10.2 Å². The molecule has 0 saturated heterocycles. The first kappa shape index (κ1) is 12.5. The highest BCUT2D eigenvalue weighted by Gasteiger charge is 2.14. The lowest BCUT2D eigenvalue weighted by Crippen LogP contribution is -2.11. The highest BCUT2D eigenvalue weighted by molar-refractivity contribution is 7.18. The summed E-state index contributed by atoms with van der Waals surface area (Å²) in [5.41, 5.74) is 6.48. The minimum atomic E-state index is -0.602. The minimum Gasteiger partial charge on any atom is -0.453 e. The number of esters is 1. The van der Waals surface area contributed by atoms with E-state index < -0.39 is 5.97 Å². The van der Waals surface area contributed by atoms with Gasteiger partial charge in [-0.2, -0.15) is 0 Å². The van der Waals surface area contributed by atoms with Crippen LogP contribution in [0.3, 0.4) is 0 Å². The van der Waals surface area contributed by atoms with Crippen molar-refractivity contribution < 1.29 is 9.53 Å². The number of ether oxygens (including phenoxy) is 1. The minimum absolute atomic E-state index is 0.0219. The number of rotatable bonds is 3. The number of fused-ring (bicyclic) bond motifs is 1. The highest BCUT2D eigenvalue weighted by Crippen LogP contribution is 2.22. The van der Waals surface area contributed by atoms with Crippen molar-refractivity contribution in [2.45, 2.75) is 6.61 Å². The third kappa shape index (κ3) is 2.43. The Labute approximate surface area is 118 Å². The third-order valence-corrected chi connectivity index (χ3v) is 3.59. The zero-order valence-electron chi connectivity index (χ0n) is 10.3. The predicted molar refractivity (Wildman–Crippen MR) is 75.2 cm³/mol. The first-order chi connectivity index (χ1) is 9.74. The van der Waals surface area contributed by atoms with Crippen LogP contribution in [-0.4, -0.2) is 20.9 Å². The molecular weight excluding hydrogens is 276 g/mol. The van der Waals surface area contributed by atoms with Crippen molar-refractivity contribution in [1.82, 2.24) is 15.0 Å². The summed E-state index contributed by atoms with van der Waals surface area (Å²) in [5, 5.41) is 0.724. The molecule has 2 heterocycles. The Bertz CT molecular complexity index is 739. The van der Waals surface area contributed by atoms with Gasteiger partial charge in [-0.1, -0.05) is 12.1 Å². The summed E-state index contributed by atoms with van der Waals surface area (Å²) < 4.78 is 6.20. The maximum atomic E-state index is 11.8. The zero-order chi connectivity index (χ0) is 13.9. The molecule has 0 radical (unpaired) electrons. The summed E-state index contributed by atoms with van der Waals surface area (Å²) in [7, 11) is 0. The van der Waals surface area contributed by atoms with E-state index in [0.29, 0.717) is 0 Å². The monoisotopic (exact) mass is 286 g/mol. The van der Waals surface area contributed by atoms with Crippen LogP contribution in [0.4, 0.5) is 5.82 Å². The molecule has 20 heavy (non-hydrogen) atoms. The molecular formula is C13H10N4O2S. The molecule has 0 saturated carbocycles. The van der Waals surface area contributed by atoms with Crippen LogP contribution in [0.15, 0.2) is 36.7 Å². The van der Waals surface area contributed by atoms with E-state index in [0.717, 1.165) is 15.2 Å². The largest absolute Gasteiger partial charge is 0.453 e. The fourth-order valence-electron chi connectivity index (χ4n) is 1.68. The molecule has 100 valence electrons. The van der Waals surface area contributed by atoms with E-state index in [1.165, 1.54) is 23.7 Å². The van der Waals surface area contributed by atoms with Gasteiger partial charge < -0.3 is 10.5 Å². The Morgan fingerprint density at radius 3 is 2.85 bits per heavy atom. The number of nitrogens with zero attached hydrogens (tertiary/aromatic N) is 3. The van der Waals surface area contributed by atoms with Crippen molar-refractivity contribution >= 4 is 33.3 Å². The second kappa shape index (κ2) is 5.22. The fraction of sp³-hybridized carbons (Fsp3) is 0.0769. The number of nitrogens with two attached hydrogens (primary N) is 1. The average Bonchev–Trinajstić information content (AvgIpc) is 2.88. The van der Waals surface area contributed by atoms with E-state index in [-0.39, 0.29) is 18.1 Å². The summed E-state index contributed by atoms with van der Waals surface area (Å²) >= 11 is 1.48. The van der Waals surface area contributed by atoms with E-state index in [9.17, 15) is 4.79 Å². The zero-order valence-corrected chi connectivity index (χ0v) is 11.1. The number of nitrogen functional groups attached to an aromatic ring is 1. The number of hydrogen-bond donors (Lipinski definition) is 1. The van der Waals surface area contributed by atoms with E-state index >= 15 is 0 Å². The molecule has 0 aliphatic carbocycles. The molecule has 7 heteroatoms. The van der Waals surface area contributed by atoms with Gasteiger partial charge in [-0.3, -0.25) is 0 Å². The Hall–Kier alpha value is -2.54. The van der Waals surface area contributed by atoms with Crippen molar-refractivity contribution in [3.8, 4) is 0 Å². The molecule has 0 aliphatic heterocycles. The van der Waals surface area contributed by atoms with Crippen molar-refractivity contribution in [1.29, 1.82) is 0 Å². The molecule has 0 fully saturated rings. The average molecular weight is 286 g/mol. The lowest BCUT2D eigenvalue weighted by Gasteiger charge is -2.03. The molecule has 3 rings (SSSR count). The van der Waals surface area contributed by atoms with Crippen LogP contribution in [-0.2, 0) is 11.3 Å². The molecule has 6 nitrogen and oxygen atoms in total. The smallest absolute Gasteiger partial charge is 0.361 e. The maximum Gasteiger partial charge on any atom is 0.361 e. The molecule has 0 spiro atoms. The standard InChI is InChI=1S/C13H10N4O2S/c14-12-11(15-5-6-16-12)13(18)19-7-10-17-8-3-1-2-4-9(8)20-10/h1-6H,7H2,(H2,14,16). The second-order valence-electron chi connectivity index (χ2n) is 3.94. The van der Waals surface area contributed by atoms with Gasteiger partial charge in [0.25, 0.3) is 0 Å². The van der Waals surface area contributed by atoms with Gasteiger partial charge in [0.2, 0.25) is 0 Å². The Morgan fingerprint density at radius 2 is 2.05 bits per heavy atom. The quantitative estimate of drug-likeness (QED) is 0.741. The summed E-state index contributed by atoms with van der Waals surface area (Å²) in [6.45, 7) is 0.0915. The van der Waals surface area contributed by atoms with Crippen molar-refractivity contribution in [3.63, 3.8) is 0 Å². The SMILES string of the molecule is Nc1nccnc1C(=O)OCc1nc2ccccc2s1. The lowest BCUT2D eigenvalue weighted by molar-refractivity contribution is 0.0466. The first-order valence-corrected chi connectivity index (χ1v) is 6.64. The number of hydrogen-bond acceptors (Lipinski definition) is 7. The molecule has 2 aromatic heterocycles. The number of benzene rings is 1. The normalized spacial score (nSPS) is 10.6. The lowest BCUT2D eigenvalue weighted by atomic mass is 10.3. The summed E-state index contributed by atoms with van der Waals surface area (Å²) in [5.74, 6) is -0.545.